The van der Waals surface area contributed by atoms with Gasteiger partial charge in [-0.25, -0.2) is 17.1 Å². The van der Waals surface area contributed by atoms with Crippen molar-refractivity contribution in [3.8, 4) is 0 Å². The number of amides is 1. The van der Waals surface area contributed by atoms with Gasteiger partial charge < -0.3 is 5.32 Å². The van der Waals surface area contributed by atoms with Crippen LogP contribution in [0.1, 0.15) is 18.4 Å². The number of sulfonamides is 1. The highest BCUT2D eigenvalue weighted by Crippen LogP contribution is 2.20. The molecule has 2 aromatic rings. The van der Waals surface area contributed by atoms with Crippen molar-refractivity contribution in [3.63, 3.8) is 0 Å². The molecule has 1 aromatic carbocycles. The van der Waals surface area contributed by atoms with E-state index >= 15 is 0 Å². The molecule has 0 saturated heterocycles. The van der Waals surface area contributed by atoms with Crippen molar-refractivity contribution >= 4 is 33.0 Å². The van der Waals surface area contributed by atoms with E-state index in [9.17, 15) is 17.6 Å². The number of rotatable bonds is 7. The van der Waals surface area contributed by atoms with Gasteiger partial charge in [0.05, 0.1) is 5.69 Å². The highest BCUT2D eigenvalue weighted by atomic mass is 32.2. The molecular weight excluding hydrogens is 351 g/mol. The average Bonchev–Trinajstić information content (AvgIpc) is 3.05. The summed E-state index contributed by atoms with van der Waals surface area (Å²) in [6, 6.07) is 7.78. The summed E-state index contributed by atoms with van der Waals surface area (Å²) in [5.41, 5.74) is 0.899. The van der Waals surface area contributed by atoms with Gasteiger partial charge in [0.15, 0.2) is 0 Å². The number of thiophene rings is 1. The lowest BCUT2D eigenvalue weighted by molar-refractivity contribution is -0.116. The van der Waals surface area contributed by atoms with Crippen LogP contribution in [0.15, 0.2) is 39.9 Å². The fourth-order valence-electron chi connectivity index (χ4n) is 2.08. The van der Waals surface area contributed by atoms with Gasteiger partial charge in [0.1, 0.15) is 10.0 Å². The van der Waals surface area contributed by atoms with E-state index in [1.165, 1.54) is 23.5 Å². The number of carbonyl (C=O) groups excluding carboxylic acids is 1. The Morgan fingerprint density at radius 2 is 2.08 bits per heavy atom. The van der Waals surface area contributed by atoms with E-state index in [0.29, 0.717) is 6.42 Å². The van der Waals surface area contributed by atoms with Crippen LogP contribution in [0.4, 0.5) is 10.1 Å². The van der Waals surface area contributed by atoms with Gasteiger partial charge in [0.25, 0.3) is 10.0 Å². The Hall–Kier alpha value is -1.77. The molecule has 0 radical (unpaired) electrons. The zero-order chi connectivity index (χ0) is 17.7. The minimum atomic E-state index is -3.50. The molecule has 0 spiro atoms. The molecule has 130 valence electrons. The summed E-state index contributed by atoms with van der Waals surface area (Å²) >= 11 is 1.15. The van der Waals surface area contributed by atoms with Gasteiger partial charge in [-0.2, -0.15) is 0 Å². The van der Waals surface area contributed by atoms with Crippen LogP contribution >= 0.6 is 11.3 Å². The third-order valence-electron chi connectivity index (χ3n) is 3.44. The van der Waals surface area contributed by atoms with Crippen molar-refractivity contribution in [1.82, 2.24) is 4.31 Å². The maximum Gasteiger partial charge on any atom is 0.252 e. The predicted molar refractivity (Wildman–Crippen MR) is 93.1 cm³/mol. The second-order valence-electron chi connectivity index (χ2n) is 5.39. The summed E-state index contributed by atoms with van der Waals surface area (Å²) < 4.78 is 39.6. The van der Waals surface area contributed by atoms with E-state index in [2.05, 4.69) is 5.32 Å². The van der Waals surface area contributed by atoms with Gasteiger partial charge >= 0.3 is 0 Å². The van der Waals surface area contributed by atoms with Crippen molar-refractivity contribution in [2.24, 2.45) is 0 Å². The molecule has 1 N–H and O–H groups in total. The van der Waals surface area contributed by atoms with E-state index in [-0.39, 0.29) is 28.8 Å². The van der Waals surface area contributed by atoms with Crippen molar-refractivity contribution in [2.75, 3.05) is 18.9 Å². The lowest BCUT2D eigenvalue weighted by atomic mass is 10.2. The molecule has 2 rings (SSSR count). The Morgan fingerprint density at radius 1 is 1.33 bits per heavy atom. The first-order chi connectivity index (χ1) is 11.3. The number of nitrogens with zero attached hydrogens (tertiary/aromatic N) is 1. The zero-order valence-electron chi connectivity index (χ0n) is 13.5. The van der Waals surface area contributed by atoms with Gasteiger partial charge in [-0.3, -0.25) is 4.79 Å². The van der Waals surface area contributed by atoms with Crippen LogP contribution in [0, 0.1) is 12.7 Å². The molecular formula is C16H19FN2O3S2. The summed E-state index contributed by atoms with van der Waals surface area (Å²) in [4.78, 5) is 11.9. The average molecular weight is 370 g/mol. The predicted octanol–water partition coefficient (Wildman–Crippen LogP) is 3.24. The van der Waals surface area contributed by atoms with Crippen LogP contribution in [0.2, 0.25) is 0 Å². The monoisotopic (exact) mass is 370 g/mol. The molecule has 0 unspecified atom stereocenters. The molecule has 24 heavy (non-hydrogen) atoms. The Labute approximate surface area is 145 Å². The van der Waals surface area contributed by atoms with Gasteiger partial charge in [-0.1, -0.05) is 12.1 Å². The number of carbonyl (C=O) groups is 1. The van der Waals surface area contributed by atoms with Crippen LogP contribution in [0.25, 0.3) is 0 Å². The zero-order valence-corrected chi connectivity index (χ0v) is 15.1. The van der Waals surface area contributed by atoms with Crippen molar-refractivity contribution in [2.45, 2.75) is 24.0 Å². The molecule has 8 heteroatoms. The smallest absolute Gasteiger partial charge is 0.252 e. The number of anilines is 1. The Morgan fingerprint density at radius 3 is 2.71 bits per heavy atom. The largest absolute Gasteiger partial charge is 0.324 e. The molecule has 0 saturated carbocycles. The summed E-state index contributed by atoms with van der Waals surface area (Å²) in [5.74, 6) is -0.833. The van der Waals surface area contributed by atoms with E-state index in [1.807, 2.05) is 0 Å². The highest BCUT2D eigenvalue weighted by Gasteiger charge is 2.21. The van der Waals surface area contributed by atoms with Crippen LogP contribution in [0.5, 0.6) is 0 Å². The van der Waals surface area contributed by atoms with Gasteiger partial charge in [0.2, 0.25) is 5.91 Å². The summed E-state index contributed by atoms with van der Waals surface area (Å²) in [6.07, 6.45) is 0.456. The third kappa shape index (κ3) is 4.62. The summed E-state index contributed by atoms with van der Waals surface area (Å²) in [5, 5.41) is 4.20. The van der Waals surface area contributed by atoms with Crippen molar-refractivity contribution in [1.29, 1.82) is 0 Å². The maximum absolute atomic E-state index is 13.7. The van der Waals surface area contributed by atoms with E-state index in [1.54, 1.807) is 30.5 Å². The fraction of sp³-hybridized carbons (Fsp3) is 0.312. The molecule has 1 heterocycles. The first-order valence-corrected chi connectivity index (χ1v) is 9.68. The highest BCUT2D eigenvalue weighted by molar-refractivity contribution is 7.91. The molecule has 0 atom stereocenters. The third-order valence-corrected chi connectivity index (χ3v) is 6.67. The molecule has 1 aromatic heterocycles. The number of hydrogen-bond donors (Lipinski definition) is 1. The number of nitrogens with one attached hydrogen (secondary N) is 1. The normalized spacial score (nSPS) is 11.7. The van der Waals surface area contributed by atoms with Gasteiger partial charge in [-0.15, -0.1) is 11.3 Å². The lowest BCUT2D eigenvalue weighted by Crippen LogP contribution is -2.28. The topological polar surface area (TPSA) is 66.5 Å². The van der Waals surface area contributed by atoms with Crippen LogP contribution in [-0.2, 0) is 14.8 Å². The van der Waals surface area contributed by atoms with Crippen molar-refractivity contribution < 1.29 is 17.6 Å². The fourth-order valence-corrected chi connectivity index (χ4v) is 4.49. The quantitative estimate of drug-likeness (QED) is 0.814. The number of hydrogen-bond acceptors (Lipinski definition) is 4. The molecule has 0 fully saturated rings. The molecule has 0 bridgehead atoms. The number of halogens is 1. The van der Waals surface area contributed by atoms with Crippen LogP contribution in [-0.4, -0.2) is 32.2 Å². The Balaban J connectivity index is 1.84. The second kappa shape index (κ2) is 7.87. The van der Waals surface area contributed by atoms with Crippen LogP contribution in [0.3, 0.4) is 0 Å². The van der Waals surface area contributed by atoms with E-state index in [4.69, 9.17) is 0 Å². The van der Waals surface area contributed by atoms with Gasteiger partial charge in [-0.05, 0) is 42.5 Å². The minimum absolute atomic E-state index is 0.109. The van der Waals surface area contributed by atoms with E-state index < -0.39 is 15.8 Å². The van der Waals surface area contributed by atoms with Crippen LogP contribution < -0.4 is 5.32 Å². The summed E-state index contributed by atoms with van der Waals surface area (Å²) in [6.45, 7) is 1.97. The Bertz CT molecular complexity index is 805. The summed E-state index contributed by atoms with van der Waals surface area (Å²) in [7, 11) is -2.03. The number of benzene rings is 1. The molecule has 5 nitrogen and oxygen atoms in total. The SMILES string of the molecule is Cc1ccc(NC(=O)CCCN(C)S(=O)(=O)c2cccs2)c(F)c1. The van der Waals surface area contributed by atoms with E-state index in [0.717, 1.165) is 16.9 Å². The molecule has 0 aliphatic carbocycles. The first-order valence-electron chi connectivity index (χ1n) is 7.36. The molecule has 0 aliphatic rings. The molecule has 0 aliphatic heterocycles. The number of aryl methyl sites for hydroxylation is 1. The molecule has 1 amide bonds. The lowest BCUT2D eigenvalue weighted by Gasteiger charge is -2.15. The van der Waals surface area contributed by atoms with Crippen molar-refractivity contribution in [3.05, 3.63) is 47.1 Å². The van der Waals surface area contributed by atoms with Gasteiger partial charge in [0, 0.05) is 20.0 Å². The first kappa shape index (κ1) is 18.6. The Kier molecular flexibility index (Phi) is 6.09. The second-order valence-corrected chi connectivity index (χ2v) is 8.61. The standard InChI is InChI=1S/C16H19FN2O3S2/c1-12-7-8-14(13(17)11-12)18-15(20)5-3-9-19(2)24(21,22)16-6-4-10-23-16/h4,6-8,10-11H,3,5,9H2,1-2H3,(H,18,20). The minimum Gasteiger partial charge on any atom is -0.324 e. The maximum atomic E-state index is 13.7.